The first-order chi connectivity index (χ1) is 12.3. The summed E-state index contributed by atoms with van der Waals surface area (Å²) in [5, 5.41) is 2.62. The van der Waals surface area contributed by atoms with Crippen LogP contribution in [0.4, 0.5) is 15.8 Å². The summed E-state index contributed by atoms with van der Waals surface area (Å²) in [6.45, 7) is 3.44. The molecule has 0 aliphatic heterocycles. The second-order valence-electron chi connectivity index (χ2n) is 5.42. The Balaban J connectivity index is 2.13. The zero-order valence-corrected chi connectivity index (χ0v) is 15.0. The van der Waals surface area contributed by atoms with Crippen molar-refractivity contribution in [2.45, 2.75) is 0 Å². The Kier molecular flexibility index (Phi) is 6.35. The van der Waals surface area contributed by atoms with Gasteiger partial charge in [0.25, 0.3) is 0 Å². The van der Waals surface area contributed by atoms with Crippen LogP contribution in [0, 0.1) is 5.82 Å². The molecule has 0 saturated heterocycles. The molecule has 138 valence electrons. The SMILES string of the molecule is C=CCOc1cccc(NC(=O)CN(c2ccc(F)cc2)S(C)(=O)=O)c1. The molecular weight excluding hydrogens is 359 g/mol. The van der Waals surface area contributed by atoms with Gasteiger partial charge in [-0.2, -0.15) is 0 Å². The molecule has 0 aliphatic rings. The van der Waals surface area contributed by atoms with Crippen molar-refractivity contribution in [2.75, 3.05) is 29.0 Å². The smallest absolute Gasteiger partial charge is 0.245 e. The largest absolute Gasteiger partial charge is 0.489 e. The third-order valence-corrected chi connectivity index (χ3v) is 4.43. The van der Waals surface area contributed by atoms with Crippen LogP contribution >= 0.6 is 0 Å². The van der Waals surface area contributed by atoms with Crippen LogP contribution in [0.5, 0.6) is 5.75 Å². The molecule has 0 bridgehead atoms. The monoisotopic (exact) mass is 378 g/mol. The number of nitrogens with one attached hydrogen (secondary N) is 1. The predicted molar refractivity (Wildman–Crippen MR) is 99.4 cm³/mol. The third-order valence-electron chi connectivity index (χ3n) is 3.29. The van der Waals surface area contributed by atoms with Gasteiger partial charge in [0, 0.05) is 11.8 Å². The van der Waals surface area contributed by atoms with Gasteiger partial charge in [0.2, 0.25) is 15.9 Å². The number of halogens is 1. The van der Waals surface area contributed by atoms with Crippen molar-refractivity contribution in [3.8, 4) is 5.75 Å². The Morgan fingerprint density at radius 3 is 2.58 bits per heavy atom. The van der Waals surface area contributed by atoms with Gasteiger partial charge in [0.1, 0.15) is 24.7 Å². The third kappa shape index (κ3) is 5.59. The molecule has 2 aromatic rings. The van der Waals surface area contributed by atoms with Gasteiger partial charge in [-0.15, -0.1) is 0 Å². The van der Waals surface area contributed by atoms with Crippen LogP contribution in [0.3, 0.4) is 0 Å². The Labute approximate surface area is 151 Å². The molecule has 1 amide bonds. The summed E-state index contributed by atoms with van der Waals surface area (Å²) in [6, 6.07) is 11.5. The molecular formula is C18H19FN2O4S. The number of rotatable bonds is 8. The van der Waals surface area contributed by atoms with Crippen molar-refractivity contribution in [2.24, 2.45) is 0 Å². The van der Waals surface area contributed by atoms with Crippen LogP contribution in [0.1, 0.15) is 0 Å². The van der Waals surface area contributed by atoms with E-state index in [1.54, 1.807) is 30.3 Å². The van der Waals surface area contributed by atoms with E-state index in [-0.39, 0.29) is 5.69 Å². The number of benzene rings is 2. The molecule has 0 saturated carbocycles. The number of ether oxygens (including phenoxy) is 1. The first kappa shape index (κ1) is 19.5. The molecule has 0 spiro atoms. The van der Waals surface area contributed by atoms with E-state index in [1.165, 1.54) is 12.1 Å². The van der Waals surface area contributed by atoms with Crippen LogP contribution in [0.2, 0.25) is 0 Å². The minimum atomic E-state index is -3.72. The Morgan fingerprint density at radius 1 is 1.27 bits per heavy atom. The van der Waals surface area contributed by atoms with Gasteiger partial charge >= 0.3 is 0 Å². The average molecular weight is 378 g/mol. The molecule has 2 rings (SSSR count). The zero-order chi connectivity index (χ0) is 19.2. The number of sulfonamides is 1. The first-order valence-electron chi connectivity index (χ1n) is 7.66. The van der Waals surface area contributed by atoms with Gasteiger partial charge in [0.05, 0.1) is 11.9 Å². The highest BCUT2D eigenvalue weighted by Gasteiger charge is 2.21. The Morgan fingerprint density at radius 2 is 1.96 bits per heavy atom. The average Bonchev–Trinajstić information content (AvgIpc) is 2.58. The van der Waals surface area contributed by atoms with Crippen molar-refractivity contribution in [1.82, 2.24) is 0 Å². The van der Waals surface area contributed by atoms with Gasteiger partial charge in [-0.25, -0.2) is 12.8 Å². The Hall–Kier alpha value is -2.87. The summed E-state index contributed by atoms with van der Waals surface area (Å²) in [7, 11) is -3.72. The molecule has 0 radical (unpaired) electrons. The number of carbonyl (C=O) groups is 1. The maximum atomic E-state index is 13.1. The molecule has 8 heteroatoms. The molecule has 0 fully saturated rings. The number of carbonyl (C=O) groups excluding carboxylic acids is 1. The second kappa shape index (κ2) is 8.48. The van der Waals surface area contributed by atoms with Gasteiger partial charge < -0.3 is 10.1 Å². The van der Waals surface area contributed by atoms with Crippen LogP contribution in [-0.4, -0.2) is 33.7 Å². The van der Waals surface area contributed by atoms with E-state index in [4.69, 9.17) is 4.74 Å². The van der Waals surface area contributed by atoms with Crippen molar-refractivity contribution in [3.05, 3.63) is 67.0 Å². The van der Waals surface area contributed by atoms with Crippen molar-refractivity contribution >= 4 is 27.3 Å². The molecule has 0 unspecified atom stereocenters. The number of hydrogen-bond acceptors (Lipinski definition) is 4. The number of nitrogens with zero attached hydrogens (tertiary/aromatic N) is 1. The van der Waals surface area contributed by atoms with E-state index in [0.717, 1.165) is 22.7 Å². The second-order valence-corrected chi connectivity index (χ2v) is 7.33. The summed E-state index contributed by atoms with van der Waals surface area (Å²) in [6.07, 6.45) is 2.57. The van der Waals surface area contributed by atoms with Crippen LogP contribution in [0.25, 0.3) is 0 Å². The topological polar surface area (TPSA) is 75.7 Å². The summed E-state index contributed by atoms with van der Waals surface area (Å²) >= 11 is 0. The lowest BCUT2D eigenvalue weighted by Crippen LogP contribution is -2.37. The molecule has 0 atom stereocenters. The number of anilines is 2. The summed E-state index contributed by atoms with van der Waals surface area (Å²) in [5.41, 5.74) is 0.663. The highest BCUT2D eigenvalue weighted by molar-refractivity contribution is 7.92. The quantitative estimate of drug-likeness (QED) is 0.717. The highest BCUT2D eigenvalue weighted by atomic mass is 32.2. The first-order valence-corrected chi connectivity index (χ1v) is 9.51. The van der Waals surface area contributed by atoms with Gasteiger partial charge in [-0.3, -0.25) is 9.10 Å². The fourth-order valence-corrected chi connectivity index (χ4v) is 3.01. The number of hydrogen-bond donors (Lipinski definition) is 1. The lowest BCUT2D eigenvalue weighted by molar-refractivity contribution is -0.114. The molecule has 2 aromatic carbocycles. The van der Waals surface area contributed by atoms with Crippen LogP contribution in [-0.2, 0) is 14.8 Å². The summed E-state index contributed by atoms with van der Waals surface area (Å²) in [4.78, 5) is 12.3. The molecule has 1 N–H and O–H groups in total. The fourth-order valence-electron chi connectivity index (χ4n) is 2.16. The minimum absolute atomic E-state index is 0.201. The summed E-state index contributed by atoms with van der Waals surface area (Å²) < 4.78 is 43.3. The molecule has 0 aliphatic carbocycles. The number of amides is 1. The van der Waals surface area contributed by atoms with Gasteiger partial charge in [-0.05, 0) is 36.4 Å². The maximum Gasteiger partial charge on any atom is 0.245 e. The highest BCUT2D eigenvalue weighted by Crippen LogP contribution is 2.20. The standard InChI is InChI=1S/C18H19FN2O4S/c1-3-11-25-17-6-4-5-15(12-17)20-18(22)13-21(26(2,23)24)16-9-7-14(19)8-10-16/h3-10,12H,1,11,13H2,2H3,(H,20,22). The molecule has 0 heterocycles. The van der Waals surface area contributed by atoms with E-state index in [9.17, 15) is 17.6 Å². The van der Waals surface area contributed by atoms with Gasteiger partial charge in [-0.1, -0.05) is 18.7 Å². The normalized spacial score (nSPS) is 10.8. The van der Waals surface area contributed by atoms with E-state index < -0.39 is 28.3 Å². The maximum absolute atomic E-state index is 13.1. The molecule has 26 heavy (non-hydrogen) atoms. The molecule has 0 aromatic heterocycles. The van der Waals surface area contributed by atoms with Crippen LogP contribution in [0.15, 0.2) is 61.2 Å². The predicted octanol–water partition coefficient (Wildman–Crippen LogP) is 2.80. The van der Waals surface area contributed by atoms with E-state index >= 15 is 0 Å². The lowest BCUT2D eigenvalue weighted by atomic mass is 10.3. The Bertz CT molecular complexity index is 882. The van der Waals surface area contributed by atoms with Crippen molar-refractivity contribution in [1.29, 1.82) is 0 Å². The molecule has 6 nitrogen and oxygen atoms in total. The fraction of sp³-hybridized carbons (Fsp3) is 0.167. The van der Waals surface area contributed by atoms with Crippen molar-refractivity contribution in [3.63, 3.8) is 0 Å². The van der Waals surface area contributed by atoms with E-state index in [2.05, 4.69) is 11.9 Å². The van der Waals surface area contributed by atoms with Crippen LogP contribution < -0.4 is 14.4 Å². The van der Waals surface area contributed by atoms with Crippen molar-refractivity contribution < 1.29 is 22.3 Å². The van der Waals surface area contributed by atoms with Gasteiger partial charge in [0.15, 0.2) is 0 Å². The summed E-state index contributed by atoms with van der Waals surface area (Å²) in [5.74, 6) is -0.496. The lowest BCUT2D eigenvalue weighted by Gasteiger charge is -2.22. The van der Waals surface area contributed by atoms with E-state index in [0.29, 0.717) is 18.0 Å². The van der Waals surface area contributed by atoms with E-state index in [1.807, 2.05) is 0 Å². The zero-order valence-electron chi connectivity index (χ0n) is 14.2. The minimum Gasteiger partial charge on any atom is -0.489 e.